The average Bonchev–Trinajstić information content (AvgIpc) is 2.35. The van der Waals surface area contributed by atoms with Gasteiger partial charge < -0.3 is 4.74 Å². The van der Waals surface area contributed by atoms with Crippen molar-refractivity contribution in [2.45, 2.75) is 25.5 Å². The van der Waals surface area contributed by atoms with Crippen molar-refractivity contribution >= 4 is 11.8 Å². The molecule has 0 aliphatic carbocycles. The summed E-state index contributed by atoms with van der Waals surface area (Å²) in [4.78, 5) is 0. The molecule has 0 unspecified atom stereocenters. The molecule has 1 aromatic rings. The van der Waals surface area contributed by atoms with Crippen molar-refractivity contribution in [1.29, 1.82) is 5.26 Å². The second kappa shape index (κ2) is 7.19. The van der Waals surface area contributed by atoms with Gasteiger partial charge in [0.15, 0.2) is 0 Å². The van der Waals surface area contributed by atoms with Gasteiger partial charge in [-0.25, -0.2) is 0 Å². The van der Waals surface area contributed by atoms with Crippen LogP contribution in [0.3, 0.4) is 0 Å². The molecule has 86 valence electrons. The maximum atomic E-state index is 8.64. The van der Waals surface area contributed by atoms with E-state index < -0.39 is 0 Å². The van der Waals surface area contributed by atoms with Crippen molar-refractivity contribution in [1.82, 2.24) is 0 Å². The Labute approximate surface area is 102 Å². The van der Waals surface area contributed by atoms with E-state index in [1.54, 1.807) is 12.1 Å². The Kier molecular flexibility index (Phi) is 5.81. The van der Waals surface area contributed by atoms with Gasteiger partial charge in [0, 0.05) is 11.0 Å². The van der Waals surface area contributed by atoms with Crippen LogP contribution in [0.1, 0.15) is 25.8 Å². The largest absolute Gasteiger partial charge is 0.493 e. The van der Waals surface area contributed by atoms with Crippen molar-refractivity contribution < 1.29 is 4.74 Å². The summed E-state index contributed by atoms with van der Waals surface area (Å²) in [6.07, 6.45) is 1.20. The van der Waals surface area contributed by atoms with Crippen LogP contribution in [-0.4, -0.2) is 17.6 Å². The zero-order valence-electron chi connectivity index (χ0n) is 9.77. The Balaban J connectivity index is 2.25. The number of nitrogens with zero attached hydrogens (tertiary/aromatic N) is 1. The van der Waals surface area contributed by atoms with E-state index in [2.05, 4.69) is 19.9 Å². The Morgan fingerprint density at radius 3 is 2.62 bits per heavy atom. The lowest BCUT2D eigenvalue weighted by atomic mass is 10.2. The molecule has 0 bridgehead atoms. The third-order valence-corrected chi connectivity index (χ3v) is 3.62. The van der Waals surface area contributed by atoms with Crippen LogP contribution >= 0.6 is 11.8 Å². The predicted molar refractivity (Wildman–Crippen MR) is 68.9 cm³/mol. The van der Waals surface area contributed by atoms with Gasteiger partial charge >= 0.3 is 0 Å². The lowest BCUT2D eigenvalue weighted by molar-refractivity contribution is 0.344. The minimum Gasteiger partial charge on any atom is -0.493 e. The minimum absolute atomic E-state index is 0.668. The highest BCUT2D eigenvalue weighted by Gasteiger charge is 1.99. The van der Waals surface area contributed by atoms with E-state index in [-0.39, 0.29) is 0 Å². The van der Waals surface area contributed by atoms with Crippen LogP contribution in [0.4, 0.5) is 0 Å². The molecular formula is C13H17NOS. The van der Waals surface area contributed by atoms with Crippen LogP contribution in [0.2, 0.25) is 0 Å². The molecule has 0 saturated heterocycles. The van der Waals surface area contributed by atoms with Gasteiger partial charge in [0.25, 0.3) is 0 Å². The molecular weight excluding hydrogens is 218 g/mol. The number of rotatable bonds is 6. The van der Waals surface area contributed by atoms with Gasteiger partial charge in [-0.05, 0) is 30.7 Å². The Hall–Kier alpha value is -1.14. The molecule has 0 heterocycles. The van der Waals surface area contributed by atoms with Crippen LogP contribution < -0.4 is 4.74 Å². The van der Waals surface area contributed by atoms with Crippen LogP contribution in [-0.2, 0) is 0 Å². The van der Waals surface area contributed by atoms with Gasteiger partial charge in [-0.1, -0.05) is 13.8 Å². The molecule has 1 rings (SSSR count). The van der Waals surface area contributed by atoms with Crippen molar-refractivity contribution in [2.75, 3.05) is 12.4 Å². The third kappa shape index (κ3) is 4.59. The molecule has 0 aliphatic heterocycles. The number of nitriles is 1. The van der Waals surface area contributed by atoms with E-state index in [1.807, 2.05) is 23.9 Å². The molecule has 0 spiro atoms. The number of thioether (sulfide) groups is 1. The Bertz CT molecular complexity index is 342. The van der Waals surface area contributed by atoms with Crippen molar-refractivity contribution in [3.8, 4) is 11.8 Å². The quantitative estimate of drug-likeness (QED) is 0.708. The first-order chi connectivity index (χ1) is 7.76. The summed E-state index contributed by atoms with van der Waals surface area (Å²) < 4.78 is 5.57. The topological polar surface area (TPSA) is 33.0 Å². The van der Waals surface area contributed by atoms with E-state index in [0.717, 1.165) is 18.1 Å². The molecule has 0 radical (unpaired) electrons. The number of ether oxygens (including phenoxy) is 1. The Morgan fingerprint density at radius 1 is 1.38 bits per heavy atom. The van der Waals surface area contributed by atoms with E-state index >= 15 is 0 Å². The molecule has 0 aliphatic rings. The van der Waals surface area contributed by atoms with Gasteiger partial charge in [-0.3, -0.25) is 0 Å². The molecule has 1 atom stereocenters. The maximum absolute atomic E-state index is 8.64. The average molecular weight is 235 g/mol. The summed E-state index contributed by atoms with van der Waals surface area (Å²) in [6, 6.07) is 9.31. The van der Waals surface area contributed by atoms with E-state index in [0.29, 0.717) is 10.8 Å². The van der Waals surface area contributed by atoms with E-state index in [9.17, 15) is 0 Å². The fraction of sp³-hybridized carbons (Fsp3) is 0.462. The SMILES string of the molecule is CC[C@@H](C)SCCOc1ccc(C#N)cc1. The van der Waals surface area contributed by atoms with Crippen LogP contribution in [0.5, 0.6) is 5.75 Å². The van der Waals surface area contributed by atoms with Crippen molar-refractivity contribution in [2.24, 2.45) is 0 Å². The fourth-order valence-corrected chi connectivity index (χ4v) is 1.97. The highest BCUT2D eigenvalue weighted by Crippen LogP contribution is 2.15. The van der Waals surface area contributed by atoms with E-state index in [4.69, 9.17) is 10.00 Å². The molecule has 0 saturated carbocycles. The highest BCUT2D eigenvalue weighted by molar-refractivity contribution is 7.99. The van der Waals surface area contributed by atoms with Crippen LogP contribution in [0.15, 0.2) is 24.3 Å². The fourth-order valence-electron chi connectivity index (χ4n) is 1.15. The summed E-state index contributed by atoms with van der Waals surface area (Å²) in [7, 11) is 0. The molecule has 3 heteroatoms. The minimum atomic E-state index is 0.668. The summed E-state index contributed by atoms with van der Waals surface area (Å²) in [5.74, 6) is 1.85. The maximum Gasteiger partial charge on any atom is 0.119 e. The standard InChI is InChI=1S/C13H17NOS/c1-3-11(2)16-9-8-15-13-6-4-12(10-14)5-7-13/h4-7,11H,3,8-9H2,1-2H3/t11-/m1/s1. The molecule has 0 amide bonds. The zero-order chi connectivity index (χ0) is 11.8. The number of hydrogen-bond acceptors (Lipinski definition) is 3. The van der Waals surface area contributed by atoms with Crippen LogP contribution in [0.25, 0.3) is 0 Å². The molecule has 0 aromatic heterocycles. The van der Waals surface area contributed by atoms with Crippen LogP contribution in [0, 0.1) is 11.3 Å². The van der Waals surface area contributed by atoms with Gasteiger partial charge in [0.05, 0.1) is 18.2 Å². The van der Waals surface area contributed by atoms with Gasteiger partial charge in [0.2, 0.25) is 0 Å². The van der Waals surface area contributed by atoms with Gasteiger partial charge in [-0.15, -0.1) is 0 Å². The highest BCUT2D eigenvalue weighted by atomic mass is 32.2. The molecule has 16 heavy (non-hydrogen) atoms. The predicted octanol–water partition coefficient (Wildman–Crippen LogP) is 3.47. The second-order valence-corrected chi connectivity index (χ2v) is 5.12. The zero-order valence-corrected chi connectivity index (χ0v) is 10.6. The normalized spacial score (nSPS) is 11.8. The first-order valence-electron chi connectivity index (χ1n) is 5.50. The summed E-state index contributed by atoms with van der Waals surface area (Å²) >= 11 is 1.93. The molecule has 2 nitrogen and oxygen atoms in total. The third-order valence-electron chi connectivity index (χ3n) is 2.31. The lowest BCUT2D eigenvalue weighted by Crippen LogP contribution is -2.03. The van der Waals surface area contributed by atoms with Crippen molar-refractivity contribution in [3.05, 3.63) is 29.8 Å². The Morgan fingerprint density at radius 2 is 2.06 bits per heavy atom. The van der Waals surface area contributed by atoms with Crippen molar-refractivity contribution in [3.63, 3.8) is 0 Å². The molecule has 0 fully saturated rings. The monoisotopic (exact) mass is 235 g/mol. The van der Waals surface area contributed by atoms with Gasteiger partial charge in [0.1, 0.15) is 5.75 Å². The molecule has 1 aromatic carbocycles. The summed E-state index contributed by atoms with van der Waals surface area (Å²) in [5, 5.41) is 9.34. The van der Waals surface area contributed by atoms with E-state index in [1.165, 1.54) is 6.42 Å². The summed E-state index contributed by atoms with van der Waals surface area (Å²) in [5.41, 5.74) is 0.668. The number of hydrogen-bond donors (Lipinski definition) is 0. The summed E-state index contributed by atoms with van der Waals surface area (Å²) in [6.45, 7) is 5.15. The molecule has 0 N–H and O–H groups in total. The lowest BCUT2D eigenvalue weighted by Gasteiger charge is -2.09. The first kappa shape index (κ1) is 12.9. The number of benzene rings is 1. The first-order valence-corrected chi connectivity index (χ1v) is 6.55. The second-order valence-electron chi connectivity index (χ2n) is 3.57. The van der Waals surface area contributed by atoms with Gasteiger partial charge in [-0.2, -0.15) is 17.0 Å². The smallest absolute Gasteiger partial charge is 0.119 e.